The molecule has 19 heavy (non-hydrogen) atoms. The van der Waals surface area contributed by atoms with Crippen LogP contribution in [0.3, 0.4) is 0 Å². The molecule has 1 heterocycles. The van der Waals surface area contributed by atoms with Gasteiger partial charge in [0.2, 0.25) is 0 Å². The first-order chi connectivity index (χ1) is 9.15. The first-order valence-corrected chi connectivity index (χ1v) is 7.46. The fourth-order valence-corrected chi connectivity index (χ4v) is 3.20. The van der Waals surface area contributed by atoms with Crippen LogP contribution < -0.4 is 4.90 Å². The average molecular weight is 325 g/mol. The van der Waals surface area contributed by atoms with E-state index in [0.29, 0.717) is 10.0 Å². The number of rotatable bonds is 3. The molecule has 0 spiro atoms. The maximum absolute atomic E-state index is 11.0. The fraction of sp³-hybridized carbons (Fsp3) is 0.500. The van der Waals surface area contributed by atoms with Crippen molar-refractivity contribution < 1.29 is 9.90 Å². The largest absolute Gasteiger partial charge is 0.478 e. The van der Waals surface area contributed by atoms with E-state index in [9.17, 15) is 4.79 Å². The smallest absolute Gasteiger partial charge is 0.336 e. The molecule has 3 rings (SSSR count). The summed E-state index contributed by atoms with van der Waals surface area (Å²) in [4.78, 5) is 15.9. The minimum atomic E-state index is -0.892. The van der Waals surface area contributed by atoms with Gasteiger partial charge in [-0.3, -0.25) is 4.90 Å². The Morgan fingerprint density at radius 1 is 1.21 bits per heavy atom. The van der Waals surface area contributed by atoms with Gasteiger partial charge in [0.05, 0.1) is 5.56 Å². The van der Waals surface area contributed by atoms with Crippen LogP contribution in [-0.4, -0.2) is 48.2 Å². The molecular formula is C14H17BrN2O2. The van der Waals surface area contributed by atoms with Crippen LogP contribution >= 0.6 is 15.9 Å². The zero-order valence-electron chi connectivity index (χ0n) is 10.7. The molecule has 1 aliphatic carbocycles. The minimum absolute atomic E-state index is 0.320. The van der Waals surface area contributed by atoms with Gasteiger partial charge in [0.1, 0.15) is 0 Å². The Morgan fingerprint density at radius 2 is 1.89 bits per heavy atom. The number of carbonyl (C=O) groups is 1. The predicted octanol–water partition coefficient (Wildman–Crippen LogP) is 2.43. The lowest BCUT2D eigenvalue weighted by molar-refractivity contribution is 0.0696. The molecule has 0 radical (unpaired) electrons. The van der Waals surface area contributed by atoms with Gasteiger partial charge >= 0.3 is 5.97 Å². The van der Waals surface area contributed by atoms with Gasteiger partial charge in [-0.1, -0.05) is 0 Å². The van der Waals surface area contributed by atoms with Crippen LogP contribution in [0.25, 0.3) is 0 Å². The summed E-state index contributed by atoms with van der Waals surface area (Å²) in [5.74, 6) is -0.892. The van der Waals surface area contributed by atoms with Crippen molar-refractivity contribution in [1.29, 1.82) is 0 Å². The number of hydrogen-bond acceptors (Lipinski definition) is 3. The molecule has 1 aliphatic heterocycles. The van der Waals surface area contributed by atoms with Gasteiger partial charge in [-0.2, -0.15) is 0 Å². The molecule has 0 bridgehead atoms. The van der Waals surface area contributed by atoms with Crippen LogP contribution in [0.4, 0.5) is 5.69 Å². The molecule has 2 aliphatic rings. The van der Waals surface area contributed by atoms with E-state index in [2.05, 4.69) is 25.7 Å². The Balaban J connectivity index is 1.69. The quantitative estimate of drug-likeness (QED) is 0.927. The van der Waals surface area contributed by atoms with Gasteiger partial charge in [-0.15, -0.1) is 0 Å². The highest BCUT2D eigenvalue weighted by Gasteiger charge is 2.31. The van der Waals surface area contributed by atoms with Crippen LogP contribution in [-0.2, 0) is 0 Å². The van der Waals surface area contributed by atoms with Crippen molar-refractivity contribution in [3.05, 3.63) is 28.2 Å². The van der Waals surface area contributed by atoms with Gasteiger partial charge in [-0.05, 0) is 47.0 Å². The molecule has 0 aromatic heterocycles. The van der Waals surface area contributed by atoms with Crippen molar-refractivity contribution in [1.82, 2.24) is 4.90 Å². The lowest BCUT2D eigenvalue weighted by Gasteiger charge is -2.36. The standard InChI is InChI=1S/C14H17BrN2O2/c15-13-9-11(3-4-12(13)14(18)19)17-7-5-16(6-8-17)10-1-2-10/h3-4,9-10H,1-2,5-8H2,(H,18,19). The Hall–Kier alpha value is -1.07. The second-order valence-electron chi connectivity index (χ2n) is 5.22. The zero-order chi connectivity index (χ0) is 13.4. The first-order valence-electron chi connectivity index (χ1n) is 6.67. The topological polar surface area (TPSA) is 43.8 Å². The number of hydrogen-bond donors (Lipinski definition) is 1. The molecule has 0 atom stereocenters. The number of halogens is 1. The lowest BCUT2D eigenvalue weighted by Crippen LogP contribution is -2.47. The highest BCUT2D eigenvalue weighted by atomic mass is 79.9. The maximum Gasteiger partial charge on any atom is 0.336 e. The predicted molar refractivity (Wildman–Crippen MR) is 77.9 cm³/mol. The summed E-state index contributed by atoms with van der Waals surface area (Å²) in [5.41, 5.74) is 1.42. The van der Waals surface area contributed by atoms with Gasteiger partial charge in [0.15, 0.2) is 0 Å². The summed E-state index contributed by atoms with van der Waals surface area (Å²) in [5, 5.41) is 9.02. The number of piperazine rings is 1. The molecule has 1 saturated heterocycles. The molecule has 4 nitrogen and oxygen atoms in total. The molecule has 2 fully saturated rings. The second kappa shape index (κ2) is 5.13. The van der Waals surface area contributed by atoms with Gasteiger partial charge in [0.25, 0.3) is 0 Å². The van der Waals surface area contributed by atoms with Gasteiger partial charge < -0.3 is 10.0 Å². The molecule has 0 unspecified atom stereocenters. The van der Waals surface area contributed by atoms with E-state index in [0.717, 1.165) is 37.9 Å². The molecule has 1 aromatic carbocycles. The third-order valence-electron chi connectivity index (χ3n) is 3.93. The summed E-state index contributed by atoms with van der Waals surface area (Å²) < 4.78 is 0.655. The van der Waals surface area contributed by atoms with Crippen molar-refractivity contribution in [2.75, 3.05) is 31.1 Å². The Kier molecular flexibility index (Phi) is 3.50. The zero-order valence-corrected chi connectivity index (χ0v) is 12.3. The Bertz CT molecular complexity index is 494. The lowest BCUT2D eigenvalue weighted by atomic mass is 10.2. The number of anilines is 1. The summed E-state index contributed by atoms with van der Waals surface area (Å²) in [7, 11) is 0. The molecule has 1 N–H and O–H groups in total. The van der Waals surface area contributed by atoms with Crippen molar-refractivity contribution in [2.24, 2.45) is 0 Å². The Labute approximate surface area is 121 Å². The SMILES string of the molecule is O=C(O)c1ccc(N2CCN(C3CC3)CC2)cc1Br. The van der Waals surface area contributed by atoms with E-state index in [4.69, 9.17) is 5.11 Å². The first kappa shape index (κ1) is 12.9. The Morgan fingerprint density at radius 3 is 2.42 bits per heavy atom. The molecule has 0 amide bonds. The van der Waals surface area contributed by atoms with Crippen molar-refractivity contribution in [3.8, 4) is 0 Å². The highest BCUT2D eigenvalue weighted by Crippen LogP contribution is 2.29. The molecule has 102 valence electrons. The number of benzene rings is 1. The molecular weight excluding hydrogens is 308 g/mol. The number of carboxylic acids is 1. The van der Waals surface area contributed by atoms with Crippen LogP contribution in [0.5, 0.6) is 0 Å². The number of aromatic carboxylic acids is 1. The summed E-state index contributed by atoms with van der Waals surface area (Å²) >= 11 is 3.34. The van der Waals surface area contributed by atoms with Crippen LogP contribution in [0.2, 0.25) is 0 Å². The molecule has 1 aromatic rings. The monoisotopic (exact) mass is 324 g/mol. The molecule has 5 heteroatoms. The van der Waals surface area contributed by atoms with E-state index in [1.807, 2.05) is 12.1 Å². The maximum atomic E-state index is 11.0. The number of nitrogens with zero attached hydrogens (tertiary/aromatic N) is 2. The van der Waals surface area contributed by atoms with E-state index in [1.54, 1.807) is 6.07 Å². The van der Waals surface area contributed by atoms with Crippen molar-refractivity contribution >= 4 is 27.6 Å². The van der Waals surface area contributed by atoms with Crippen molar-refractivity contribution in [3.63, 3.8) is 0 Å². The van der Waals surface area contributed by atoms with Crippen molar-refractivity contribution in [2.45, 2.75) is 18.9 Å². The minimum Gasteiger partial charge on any atom is -0.478 e. The van der Waals surface area contributed by atoms with Gasteiger partial charge in [-0.25, -0.2) is 4.79 Å². The van der Waals surface area contributed by atoms with Crippen LogP contribution in [0, 0.1) is 0 Å². The fourth-order valence-electron chi connectivity index (χ4n) is 2.66. The van der Waals surface area contributed by atoms with E-state index < -0.39 is 5.97 Å². The van der Waals surface area contributed by atoms with E-state index in [1.165, 1.54) is 12.8 Å². The summed E-state index contributed by atoms with van der Waals surface area (Å²) in [6.07, 6.45) is 2.72. The summed E-state index contributed by atoms with van der Waals surface area (Å²) in [6.45, 7) is 4.27. The number of carboxylic acid groups (broad SMARTS) is 1. The summed E-state index contributed by atoms with van der Waals surface area (Å²) in [6, 6.07) is 6.33. The third kappa shape index (κ3) is 2.77. The van der Waals surface area contributed by atoms with Crippen LogP contribution in [0.1, 0.15) is 23.2 Å². The van der Waals surface area contributed by atoms with E-state index >= 15 is 0 Å². The second-order valence-corrected chi connectivity index (χ2v) is 6.08. The van der Waals surface area contributed by atoms with Gasteiger partial charge in [0, 0.05) is 42.4 Å². The van der Waals surface area contributed by atoms with Crippen LogP contribution in [0.15, 0.2) is 22.7 Å². The normalized spacial score (nSPS) is 20.6. The highest BCUT2D eigenvalue weighted by molar-refractivity contribution is 9.10. The average Bonchev–Trinajstić information content (AvgIpc) is 3.22. The third-order valence-corrected chi connectivity index (χ3v) is 4.58. The molecule has 1 saturated carbocycles. The van der Waals surface area contributed by atoms with E-state index in [-0.39, 0.29) is 0 Å².